The van der Waals surface area contributed by atoms with Gasteiger partial charge in [-0.2, -0.15) is 5.01 Å². The second-order valence-corrected chi connectivity index (χ2v) is 13.0. The van der Waals surface area contributed by atoms with Gasteiger partial charge in [-0.15, -0.1) is 13.2 Å². The van der Waals surface area contributed by atoms with E-state index >= 15 is 4.79 Å². The minimum absolute atomic E-state index is 0.0750. The number of anilines is 1. The fourth-order valence-electron chi connectivity index (χ4n) is 8.34. The molecule has 2 heterocycles. The summed E-state index contributed by atoms with van der Waals surface area (Å²) in [6.45, 7) is 1.79. The highest BCUT2D eigenvalue weighted by atomic mass is 35.5. The van der Waals surface area contributed by atoms with Gasteiger partial charge in [-0.3, -0.25) is 29.5 Å². The maximum Gasteiger partial charge on any atom is 0.573 e. The van der Waals surface area contributed by atoms with Crippen LogP contribution in [0.25, 0.3) is 0 Å². The van der Waals surface area contributed by atoms with E-state index in [0.29, 0.717) is 10.6 Å². The van der Waals surface area contributed by atoms with E-state index in [4.69, 9.17) is 11.6 Å². The van der Waals surface area contributed by atoms with Gasteiger partial charge in [0, 0.05) is 23.0 Å². The summed E-state index contributed by atoms with van der Waals surface area (Å²) in [5.41, 5.74) is 1.63. The normalized spacial score (nSPS) is 27.9. The van der Waals surface area contributed by atoms with Gasteiger partial charge in [-0.1, -0.05) is 35.4 Å². The molecule has 3 fully saturated rings. The molecule has 2 aliphatic heterocycles. The maximum absolute atomic E-state index is 15.0. The summed E-state index contributed by atoms with van der Waals surface area (Å²) in [5, 5.41) is 12.5. The molecule has 9 nitrogen and oxygen atoms in total. The molecule has 4 aliphatic rings. The Morgan fingerprint density at radius 1 is 0.959 bits per heavy atom. The lowest BCUT2D eigenvalue weighted by Crippen LogP contribution is -2.53. The Morgan fingerprint density at radius 2 is 1.65 bits per heavy atom. The van der Waals surface area contributed by atoms with Crippen LogP contribution < -0.4 is 10.2 Å². The predicted octanol–water partition coefficient (Wildman–Crippen LogP) is 6.09. The van der Waals surface area contributed by atoms with Gasteiger partial charge >= 0.3 is 6.36 Å². The molecule has 2 aliphatic carbocycles. The molecule has 3 aromatic rings. The van der Waals surface area contributed by atoms with Crippen molar-refractivity contribution in [2.24, 2.45) is 23.7 Å². The Balaban J connectivity index is 1.49. The number of hydrogen-bond donors (Lipinski definition) is 2. The molecule has 0 aromatic heterocycles. The first-order valence-electron chi connectivity index (χ1n) is 15.6. The van der Waals surface area contributed by atoms with Crippen LogP contribution in [-0.2, 0) is 24.6 Å². The molecule has 0 bridgehead atoms. The van der Waals surface area contributed by atoms with Crippen LogP contribution in [0.5, 0.6) is 11.5 Å². The molecule has 14 heteroatoms. The molecule has 2 saturated heterocycles. The summed E-state index contributed by atoms with van der Waals surface area (Å²) < 4.78 is 58.3. The number of aromatic hydroxyl groups is 1. The number of hydrogen-bond acceptors (Lipinski definition) is 7. The van der Waals surface area contributed by atoms with Gasteiger partial charge in [0.25, 0.3) is 11.8 Å². The monoisotopic (exact) mass is 697 g/mol. The Kier molecular flexibility index (Phi) is 7.73. The topological polar surface area (TPSA) is 116 Å². The van der Waals surface area contributed by atoms with Crippen molar-refractivity contribution in [2.75, 3.05) is 12.0 Å². The standard InChI is InChI=1S/C35H28ClF4N3O6/c1-2-42-30(45)23-13-12-22-24(28(23)32(42)47)16-26-31(46)43(41-20-9-7-19(37)8-10-20)33(48)34(26,17-3-5-18(36)6-4-17)29(22)25-15-21(11-14-27(25)44)49-35(38,39)40/h3-12,14-15,23-24,26,28-29,41,44H,2,13,16H2,1H3. The quantitative estimate of drug-likeness (QED) is 0.182. The van der Waals surface area contributed by atoms with Crippen LogP contribution in [0.3, 0.4) is 0 Å². The Labute approximate surface area is 282 Å². The number of phenolic OH excluding ortho intramolecular Hbond substituents is 1. The number of allylic oxidation sites excluding steroid dienone is 2. The predicted molar refractivity (Wildman–Crippen MR) is 166 cm³/mol. The molecular weight excluding hydrogens is 670 g/mol. The van der Waals surface area contributed by atoms with E-state index in [1.165, 1.54) is 36.4 Å². The van der Waals surface area contributed by atoms with Crippen molar-refractivity contribution in [3.63, 3.8) is 0 Å². The molecule has 0 radical (unpaired) electrons. The number of amides is 4. The number of nitrogens with one attached hydrogen (secondary N) is 1. The highest BCUT2D eigenvalue weighted by molar-refractivity contribution is 6.30. The van der Waals surface area contributed by atoms with E-state index in [1.807, 2.05) is 0 Å². The molecule has 3 aromatic carbocycles. The molecule has 49 heavy (non-hydrogen) atoms. The van der Waals surface area contributed by atoms with Crippen molar-refractivity contribution < 1.29 is 46.6 Å². The van der Waals surface area contributed by atoms with Crippen LogP contribution in [0, 0.1) is 29.5 Å². The SMILES string of the molecule is CCN1C(=O)C2CC=C3C(CC4C(=O)N(Nc5ccc(F)cc5)C(=O)C4(c4ccc(Cl)cc4)C3c3cc(OC(F)(F)F)ccc3O)C2C1=O. The molecular formula is C35H28ClF4N3O6. The van der Waals surface area contributed by atoms with E-state index < -0.39 is 76.4 Å². The first kappa shape index (κ1) is 32.6. The molecule has 254 valence electrons. The first-order chi connectivity index (χ1) is 23.3. The number of carbonyl (C=O) groups excluding carboxylic acids is 4. The summed E-state index contributed by atoms with van der Waals surface area (Å²) in [5.74, 6) is -9.05. The summed E-state index contributed by atoms with van der Waals surface area (Å²) >= 11 is 6.24. The second kappa shape index (κ2) is 11.6. The van der Waals surface area contributed by atoms with Crippen LogP contribution in [0.2, 0.25) is 5.02 Å². The van der Waals surface area contributed by atoms with Gasteiger partial charge < -0.3 is 9.84 Å². The van der Waals surface area contributed by atoms with Gasteiger partial charge in [0.2, 0.25) is 11.8 Å². The van der Waals surface area contributed by atoms with Gasteiger partial charge in [0.1, 0.15) is 17.3 Å². The van der Waals surface area contributed by atoms with Crippen molar-refractivity contribution in [1.82, 2.24) is 9.91 Å². The van der Waals surface area contributed by atoms with E-state index in [0.717, 1.165) is 40.2 Å². The molecule has 1 saturated carbocycles. The van der Waals surface area contributed by atoms with Crippen molar-refractivity contribution >= 4 is 40.9 Å². The van der Waals surface area contributed by atoms with Crippen molar-refractivity contribution in [3.8, 4) is 11.5 Å². The highest BCUT2D eigenvalue weighted by Crippen LogP contribution is 2.65. The molecule has 7 rings (SSSR count). The first-order valence-corrected chi connectivity index (χ1v) is 15.9. The summed E-state index contributed by atoms with van der Waals surface area (Å²) in [7, 11) is 0. The number of hydrazine groups is 1. The zero-order valence-electron chi connectivity index (χ0n) is 25.7. The lowest BCUT2D eigenvalue weighted by Gasteiger charge is -2.50. The fraction of sp³-hybridized carbons (Fsp3) is 0.314. The van der Waals surface area contributed by atoms with Crippen LogP contribution >= 0.6 is 11.6 Å². The zero-order valence-corrected chi connectivity index (χ0v) is 26.5. The van der Waals surface area contributed by atoms with E-state index in [-0.39, 0.29) is 42.1 Å². The smallest absolute Gasteiger partial charge is 0.508 e. The number of ether oxygens (including phenoxy) is 1. The number of likely N-dealkylation sites (tertiary alicyclic amines) is 1. The number of halogens is 5. The van der Waals surface area contributed by atoms with E-state index in [9.17, 15) is 37.1 Å². The summed E-state index contributed by atoms with van der Waals surface area (Å²) in [6, 6.07) is 13.9. The summed E-state index contributed by atoms with van der Waals surface area (Å²) in [6.07, 6.45) is -3.37. The third-order valence-electron chi connectivity index (χ3n) is 10.2. The lowest BCUT2D eigenvalue weighted by atomic mass is 9.49. The molecule has 6 unspecified atom stereocenters. The number of nitrogens with zero attached hydrogens (tertiary/aromatic N) is 2. The molecule has 4 amide bonds. The Bertz CT molecular complexity index is 1920. The van der Waals surface area contributed by atoms with Gasteiger partial charge in [-0.25, -0.2) is 4.39 Å². The van der Waals surface area contributed by atoms with Crippen LogP contribution in [0.1, 0.15) is 36.8 Å². The molecule has 0 spiro atoms. The third kappa shape index (κ3) is 5.04. The number of carbonyl (C=O) groups is 4. The average Bonchev–Trinajstić information content (AvgIpc) is 3.43. The minimum Gasteiger partial charge on any atom is -0.508 e. The third-order valence-corrected chi connectivity index (χ3v) is 10.5. The largest absolute Gasteiger partial charge is 0.573 e. The minimum atomic E-state index is -5.09. The van der Waals surface area contributed by atoms with Crippen LogP contribution in [0.4, 0.5) is 23.2 Å². The maximum atomic E-state index is 15.0. The van der Waals surface area contributed by atoms with Gasteiger partial charge in [0.05, 0.1) is 28.9 Å². The van der Waals surface area contributed by atoms with Crippen LogP contribution in [-0.4, -0.2) is 51.6 Å². The fourth-order valence-corrected chi connectivity index (χ4v) is 8.46. The van der Waals surface area contributed by atoms with Crippen molar-refractivity contribution in [3.05, 3.63) is 100 Å². The summed E-state index contributed by atoms with van der Waals surface area (Å²) in [4.78, 5) is 57.8. The number of benzene rings is 3. The number of imide groups is 2. The van der Waals surface area contributed by atoms with Crippen molar-refractivity contribution in [1.29, 1.82) is 0 Å². The zero-order chi connectivity index (χ0) is 35.0. The Morgan fingerprint density at radius 3 is 2.31 bits per heavy atom. The van der Waals surface area contributed by atoms with E-state index in [1.54, 1.807) is 13.0 Å². The number of phenols is 1. The van der Waals surface area contributed by atoms with Crippen LogP contribution in [0.15, 0.2) is 78.4 Å². The molecule has 2 N–H and O–H groups in total. The second-order valence-electron chi connectivity index (χ2n) is 12.6. The number of alkyl halides is 3. The van der Waals surface area contributed by atoms with E-state index in [2.05, 4.69) is 10.2 Å². The molecule has 6 atom stereocenters. The highest BCUT2D eigenvalue weighted by Gasteiger charge is 2.70. The number of rotatable bonds is 6. The van der Waals surface area contributed by atoms with Gasteiger partial charge in [-0.05, 0) is 85.8 Å². The lowest BCUT2D eigenvalue weighted by molar-refractivity contribution is -0.274. The van der Waals surface area contributed by atoms with Crippen molar-refractivity contribution in [2.45, 2.75) is 37.5 Å². The Hall–Kier alpha value is -4.91. The number of fused-ring (bicyclic) bond motifs is 4. The average molecular weight is 698 g/mol. The van der Waals surface area contributed by atoms with Gasteiger partial charge in [0.15, 0.2) is 0 Å².